The van der Waals surface area contributed by atoms with Crippen molar-refractivity contribution in [3.8, 4) is 0 Å². The maximum atomic E-state index is 13.5. The van der Waals surface area contributed by atoms with E-state index in [1.54, 1.807) is 6.07 Å². The maximum Gasteiger partial charge on any atom is 0.224 e. The highest BCUT2D eigenvalue weighted by molar-refractivity contribution is 5.77. The lowest BCUT2D eigenvalue weighted by atomic mass is 9.96. The first-order chi connectivity index (χ1) is 15.0. The smallest absolute Gasteiger partial charge is 0.224 e. The van der Waals surface area contributed by atoms with Crippen LogP contribution in [0.2, 0.25) is 0 Å². The van der Waals surface area contributed by atoms with Crippen molar-refractivity contribution >= 4 is 17.4 Å². The van der Waals surface area contributed by atoms with Crippen molar-refractivity contribution < 1.29 is 9.18 Å². The lowest BCUT2D eigenvalue weighted by Gasteiger charge is -2.33. The summed E-state index contributed by atoms with van der Waals surface area (Å²) < 4.78 is 13.5. The van der Waals surface area contributed by atoms with Crippen LogP contribution in [0.4, 0.5) is 15.9 Å². The number of nitrogens with zero attached hydrogens (tertiary/aromatic N) is 4. The van der Waals surface area contributed by atoms with Gasteiger partial charge in [-0.1, -0.05) is 6.07 Å². The third-order valence-electron chi connectivity index (χ3n) is 6.24. The molecule has 2 aliphatic rings. The number of benzene rings is 1. The Morgan fingerprint density at radius 2 is 2.26 bits per heavy atom. The molecule has 8 heteroatoms. The zero-order chi connectivity index (χ0) is 21.8. The molecule has 1 aromatic carbocycles. The van der Waals surface area contributed by atoms with Crippen LogP contribution >= 0.6 is 0 Å². The van der Waals surface area contributed by atoms with Gasteiger partial charge in [0, 0.05) is 76.8 Å². The fourth-order valence-corrected chi connectivity index (χ4v) is 4.43. The molecule has 2 aliphatic heterocycles. The molecule has 7 nitrogen and oxygen atoms in total. The largest absolute Gasteiger partial charge is 0.374 e. The van der Waals surface area contributed by atoms with Gasteiger partial charge in [0.15, 0.2) is 0 Å². The van der Waals surface area contributed by atoms with Gasteiger partial charge in [-0.3, -0.25) is 4.79 Å². The van der Waals surface area contributed by atoms with Gasteiger partial charge in [0.25, 0.3) is 0 Å². The monoisotopic (exact) mass is 426 g/mol. The minimum atomic E-state index is -0.267. The number of fused-ring (bicyclic) bond motifs is 1. The highest BCUT2D eigenvalue weighted by Gasteiger charge is 2.28. The molecule has 31 heavy (non-hydrogen) atoms. The lowest BCUT2D eigenvalue weighted by molar-refractivity contribution is -0.132. The summed E-state index contributed by atoms with van der Waals surface area (Å²) in [5.74, 6) is 1.76. The number of anilines is 2. The van der Waals surface area contributed by atoms with E-state index in [0.29, 0.717) is 19.5 Å². The van der Waals surface area contributed by atoms with Gasteiger partial charge >= 0.3 is 0 Å². The second kappa shape index (κ2) is 9.60. The molecule has 2 aromatic rings. The van der Waals surface area contributed by atoms with Gasteiger partial charge in [-0.2, -0.15) is 0 Å². The van der Waals surface area contributed by atoms with Crippen molar-refractivity contribution in [3.63, 3.8) is 0 Å². The molecule has 0 aliphatic carbocycles. The van der Waals surface area contributed by atoms with Crippen LogP contribution in [0, 0.1) is 5.82 Å². The minimum absolute atomic E-state index is 0.129. The van der Waals surface area contributed by atoms with Crippen LogP contribution in [-0.2, 0) is 17.8 Å². The van der Waals surface area contributed by atoms with Gasteiger partial charge in [-0.25, -0.2) is 14.4 Å². The summed E-state index contributed by atoms with van der Waals surface area (Å²) in [7, 11) is 3.78. The molecule has 0 bridgehead atoms. The summed E-state index contributed by atoms with van der Waals surface area (Å²) in [5, 5.41) is 6.59. The number of amides is 1. The van der Waals surface area contributed by atoms with Crippen LogP contribution in [0.1, 0.15) is 42.3 Å². The van der Waals surface area contributed by atoms with Crippen LogP contribution in [-0.4, -0.2) is 61.0 Å². The van der Waals surface area contributed by atoms with Crippen LogP contribution < -0.4 is 15.5 Å². The first kappa shape index (κ1) is 21.5. The number of piperidine rings is 1. The van der Waals surface area contributed by atoms with E-state index in [9.17, 15) is 9.18 Å². The fourth-order valence-electron chi connectivity index (χ4n) is 4.43. The Hall–Kier alpha value is -2.74. The number of aromatic nitrogens is 2. The van der Waals surface area contributed by atoms with E-state index in [2.05, 4.69) is 10.6 Å². The van der Waals surface area contributed by atoms with Gasteiger partial charge < -0.3 is 20.4 Å². The molecule has 0 saturated carbocycles. The van der Waals surface area contributed by atoms with Crippen molar-refractivity contribution in [1.29, 1.82) is 0 Å². The average Bonchev–Trinajstić information content (AvgIpc) is 2.81. The van der Waals surface area contributed by atoms with E-state index in [-0.39, 0.29) is 17.6 Å². The molecular weight excluding hydrogens is 395 g/mol. The van der Waals surface area contributed by atoms with E-state index in [0.717, 1.165) is 67.5 Å². The second-order valence-electron chi connectivity index (χ2n) is 8.36. The van der Waals surface area contributed by atoms with E-state index < -0.39 is 0 Å². The number of nitrogens with one attached hydrogen (secondary N) is 2. The average molecular weight is 427 g/mol. The normalized spacial score (nSPS) is 18.4. The maximum absolute atomic E-state index is 13.5. The molecule has 0 radical (unpaired) electrons. The van der Waals surface area contributed by atoms with Crippen molar-refractivity contribution in [1.82, 2.24) is 20.2 Å². The first-order valence-electron chi connectivity index (χ1n) is 11.1. The number of carbonyl (C=O) groups excluding carboxylic acids is 1. The van der Waals surface area contributed by atoms with Crippen molar-refractivity contribution in [2.75, 3.05) is 50.5 Å². The van der Waals surface area contributed by atoms with E-state index in [4.69, 9.17) is 9.97 Å². The molecule has 1 fully saturated rings. The standard InChI is InChI=1S/C23H31FN6O/c1-25-23-19-14-26-10-8-20(19)27-22(28-23)16-5-4-11-30(15-16)21(31)9-12-29(2)18-7-3-6-17(24)13-18/h3,6-7,13,16,26H,4-5,8-12,14-15H2,1-2H3,(H,25,27,28). The van der Waals surface area contributed by atoms with Crippen molar-refractivity contribution in [2.24, 2.45) is 0 Å². The molecule has 166 valence electrons. The summed E-state index contributed by atoms with van der Waals surface area (Å²) in [6.45, 7) is 3.70. The predicted octanol–water partition coefficient (Wildman–Crippen LogP) is 2.54. The number of halogens is 1. The van der Waals surface area contributed by atoms with Crippen LogP contribution in [0.25, 0.3) is 0 Å². The second-order valence-corrected chi connectivity index (χ2v) is 8.36. The van der Waals surface area contributed by atoms with Crippen LogP contribution in [0.3, 0.4) is 0 Å². The highest BCUT2D eigenvalue weighted by Crippen LogP contribution is 2.28. The molecule has 1 atom stereocenters. The van der Waals surface area contributed by atoms with Crippen LogP contribution in [0.5, 0.6) is 0 Å². The van der Waals surface area contributed by atoms with Crippen LogP contribution in [0.15, 0.2) is 24.3 Å². The molecule has 1 amide bonds. The first-order valence-corrected chi connectivity index (χ1v) is 11.1. The molecule has 2 N–H and O–H groups in total. The van der Waals surface area contributed by atoms with Gasteiger partial charge in [-0.05, 0) is 31.0 Å². The number of rotatable bonds is 6. The molecular formula is C23H31FN6O. The van der Waals surface area contributed by atoms with E-state index >= 15 is 0 Å². The summed E-state index contributed by atoms with van der Waals surface area (Å²) in [6.07, 6.45) is 3.25. The molecule has 1 unspecified atom stereocenters. The Kier molecular flexibility index (Phi) is 6.65. The topological polar surface area (TPSA) is 73.4 Å². The molecule has 4 rings (SSSR count). The SMILES string of the molecule is CNc1nc(C2CCCN(C(=O)CCN(C)c3cccc(F)c3)C2)nc2c1CNCC2. The molecule has 1 aromatic heterocycles. The zero-order valence-electron chi connectivity index (χ0n) is 18.3. The third kappa shape index (κ3) is 4.95. The highest BCUT2D eigenvalue weighted by atomic mass is 19.1. The van der Waals surface area contributed by atoms with Gasteiger partial charge in [0.2, 0.25) is 5.91 Å². The Balaban J connectivity index is 1.40. The lowest BCUT2D eigenvalue weighted by Crippen LogP contribution is -2.41. The summed E-state index contributed by atoms with van der Waals surface area (Å²) in [5.41, 5.74) is 3.05. The van der Waals surface area contributed by atoms with Gasteiger partial charge in [0.1, 0.15) is 17.5 Å². The Morgan fingerprint density at radius 3 is 3.06 bits per heavy atom. The summed E-state index contributed by atoms with van der Waals surface area (Å²) in [6, 6.07) is 6.46. The molecule has 3 heterocycles. The number of hydrogen-bond acceptors (Lipinski definition) is 6. The molecule has 0 spiro atoms. The summed E-state index contributed by atoms with van der Waals surface area (Å²) >= 11 is 0. The predicted molar refractivity (Wildman–Crippen MR) is 120 cm³/mol. The van der Waals surface area contributed by atoms with Crippen molar-refractivity contribution in [3.05, 3.63) is 47.2 Å². The number of hydrogen-bond donors (Lipinski definition) is 2. The van der Waals surface area contributed by atoms with Crippen molar-refractivity contribution in [2.45, 2.75) is 38.1 Å². The Morgan fingerprint density at radius 1 is 1.39 bits per heavy atom. The van der Waals surface area contributed by atoms with E-state index in [1.165, 1.54) is 12.1 Å². The Labute approximate surface area is 183 Å². The molecule has 1 saturated heterocycles. The number of likely N-dealkylation sites (tertiary alicyclic amines) is 1. The van der Waals surface area contributed by atoms with Gasteiger partial charge in [-0.15, -0.1) is 0 Å². The minimum Gasteiger partial charge on any atom is -0.374 e. The quantitative estimate of drug-likeness (QED) is 0.740. The Bertz CT molecular complexity index is 919. The van der Waals surface area contributed by atoms with Gasteiger partial charge in [0.05, 0.1) is 5.69 Å². The zero-order valence-corrected chi connectivity index (χ0v) is 18.3. The van der Waals surface area contributed by atoms with E-state index in [1.807, 2.05) is 30.0 Å². The number of carbonyl (C=O) groups is 1. The third-order valence-corrected chi connectivity index (χ3v) is 6.24. The summed E-state index contributed by atoms with van der Waals surface area (Å²) in [4.78, 5) is 26.4. The fraction of sp³-hybridized carbons (Fsp3) is 0.522.